The standard InChI is InChI=1S/C16H22FNO4.C9H15NO3.C7H6FIO.C4H8O/c1-16(2,3)22-15(20)18-9-5-6-13(19)12-8-7-11(17)10-14(12)21-4;1-9(2,3)13-8(12)10-6-4-5-7(10)11;1-10-7-4-5(8)2-3-6(7)9;1-2-4-5-3-1/h7-8,10H,5-6,9H2,1-4H3,(H,18,20);4-6H2,1-3H3;2-4H,1H3;1-4H2. The van der Waals surface area contributed by atoms with Crippen LogP contribution in [-0.4, -0.2) is 80.5 Å². The summed E-state index contributed by atoms with van der Waals surface area (Å²) in [5.41, 5.74) is -0.748. The third kappa shape index (κ3) is 19.0. The van der Waals surface area contributed by atoms with Gasteiger partial charge < -0.3 is 29.0 Å². The van der Waals surface area contributed by atoms with Gasteiger partial charge >= 0.3 is 12.2 Å². The van der Waals surface area contributed by atoms with Crippen molar-refractivity contribution >= 4 is 46.5 Å². The number of hydrogen-bond donors (Lipinski definition) is 1. The second-order valence-electron chi connectivity index (χ2n) is 13.0. The molecule has 2 aromatic rings. The third-order valence-corrected chi connectivity index (χ3v) is 7.23. The lowest BCUT2D eigenvalue weighted by atomic mass is 10.1. The minimum absolute atomic E-state index is 0.130. The molecule has 2 aromatic carbocycles. The number of likely N-dealkylation sites (tertiary alicyclic amines) is 1. The Hall–Kier alpha value is -3.53. The first-order valence-corrected chi connectivity index (χ1v) is 17.4. The van der Waals surface area contributed by atoms with Gasteiger partial charge in [-0.3, -0.25) is 9.59 Å². The average Bonchev–Trinajstić information content (AvgIpc) is 3.75. The molecular weight excluding hydrogens is 769 g/mol. The van der Waals surface area contributed by atoms with Crippen LogP contribution in [0.2, 0.25) is 0 Å². The van der Waals surface area contributed by atoms with E-state index < -0.39 is 29.2 Å². The highest BCUT2D eigenvalue weighted by atomic mass is 127. The molecule has 0 radical (unpaired) electrons. The lowest BCUT2D eigenvalue weighted by molar-refractivity contribution is -0.126. The van der Waals surface area contributed by atoms with Crippen molar-refractivity contribution in [2.75, 3.05) is 40.5 Å². The number of benzene rings is 2. The number of carbonyl (C=O) groups is 4. The Labute approximate surface area is 307 Å². The number of nitrogens with one attached hydrogen (secondary N) is 1. The predicted octanol–water partition coefficient (Wildman–Crippen LogP) is 8.10. The van der Waals surface area contributed by atoms with Gasteiger partial charge in [0.15, 0.2) is 5.78 Å². The molecule has 0 unspecified atom stereocenters. The average molecular weight is 821 g/mol. The molecule has 1 N–H and O–H groups in total. The minimum Gasteiger partial charge on any atom is -0.496 e. The van der Waals surface area contributed by atoms with Gasteiger partial charge in [0.2, 0.25) is 5.91 Å². The Morgan fingerprint density at radius 1 is 0.860 bits per heavy atom. The van der Waals surface area contributed by atoms with Crippen LogP contribution in [0, 0.1) is 15.2 Å². The summed E-state index contributed by atoms with van der Waals surface area (Å²) in [5.74, 6) is -0.222. The normalized spacial score (nSPS) is 13.7. The highest BCUT2D eigenvalue weighted by molar-refractivity contribution is 14.1. The molecule has 2 aliphatic rings. The van der Waals surface area contributed by atoms with Gasteiger partial charge in [-0.2, -0.15) is 0 Å². The predicted molar refractivity (Wildman–Crippen MR) is 194 cm³/mol. The van der Waals surface area contributed by atoms with Crippen molar-refractivity contribution in [3.8, 4) is 11.5 Å². The number of Topliss-reactive ketones (excluding diaryl/α,β-unsaturated/α-hetero) is 1. The largest absolute Gasteiger partial charge is 0.496 e. The highest BCUT2D eigenvalue weighted by Gasteiger charge is 2.30. The van der Waals surface area contributed by atoms with Crippen molar-refractivity contribution in [1.29, 1.82) is 0 Å². The van der Waals surface area contributed by atoms with Crippen LogP contribution >= 0.6 is 22.6 Å². The first-order chi connectivity index (χ1) is 23.4. The Kier molecular flexibility index (Phi) is 19.9. The Morgan fingerprint density at radius 2 is 1.42 bits per heavy atom. The van der Waals surface area contributed by atoms with E-state index in [1.54, 1.807) is 47.6 Å². The van der Waals surface area contributed by atoms with Crippen LogP contribution < -0.4 is 14.8 Å². The van der Waals surface area contributed by atoms with Gasteiger partial charge in [0.25, 0.3) is 0 Å². The minimum atomic E-state index is -0.554. The van der Waals surface area contributed by atoms with Crippen molar-refractivity contribution in [3.05, 3.63) is 57.2 Å². The van der Waals surface area contributed by atoms with E-state index in [9.17, 15) is 28.0 Å². The fraction of sp³-hybridized carbons (Fsp3) is 0.556. The molecule has 11 nitrogen and oxygen atoms in total. The fourth-order valence-corrected chi connectivity index (χ4v) is 4.64. The van der Waals surface area contributed by atoms with E-state index in [2.05, 4.69) is 27.9 Å². The van der Waals surface area contributed by atoms with Gasteiger partial charge in [-0.15, -0.1) is 0 Å². The number of carbonyl (C=O) groups excluding carboxylic acids is 4. The maximum atomic E-state index is 13.1. The van der Waals surface area contributed by atoms with Crippen LogP contribution in [-0.2, 0) is 19.0 Å². The lowest BCUT2D eigenvalue weighted by Crippen LogP contribution is -2.37. The van der Waals surface area contributed by atoms with E-state index in [-0.39, 0.29) is 29.7 Å². The molecule has 50 heavy (non-hydrogen) atoms. The summed E-state index contributed by atoms with van der Waals surface area (Å²) in [6.45, 7) is 13.5. The molecule has 0 saturated carbocycles. The van der Waals surface area contributed by atoms with Crippen molar-refractivity contribution in [2.45, 2.75) is 91.3 Å². The number of hydrogen-bond acceptors (Lipinski definition) is 9. The van der Waals surface area contributed by atoms with Gasteiger partial charge in [-0.25, -0.2) is 23.3 Å². The summed E-state index contributed by atoms with van der Waals surface area (Å²) in [4.78, 5) is 47.1. The zero-order chi connectivity index (χ0) is 37.9. The highest BCUT2D eigenvalue weighted by Crippen LogP contribution is 2.22. The number of halogens is 3. The first kappa shape index (κ1) is 44.5. The summed E-state index contributed by atoms with van der Waals surface area (Å²) in [6.07, 6.45) is 3.41. The molecule has 2 saturated heterocycles. The molecule has 0 bridgehead atoms. The topological polar surface area (TPSA) is 130 Å². The number of imide groups is 1. The summed E-state index contributed by atoms with van der Waals surface area (Å²) in [6, 6.07) is 8.24. The molecule has 280 valence electrons. The number of rotatable bonds is 7. The third-order valence-electron chi connectivity index (χ3n) is 6.34. The number of amides is 3. The number of alkyl carbamates (subject to hydrolysis) is 1. The Bertz CT molecular complexity index is 1380. The molecule has 0 spiro atoms. The van der Waals surface area contributed by atoms with E-state index in [4.69, 9.17) is 23.7 Å². The summed E-state index contributed by atoms with van der Waals surface area (Å²) in [7, 11) is 2.91. The van der Waals surface area contributed by atoms with E-state index in [0.29, 0.717) is 37.2 Å². The van der Waals surface area contributed by atoms with Crippen LogP contribution in [0.15, 0.2) is 36.4 Å². The van der Waals surface area contributed by atoms with Crippen LogP contribution in [0.25, 0.3) is 0 Å². The van der Waals surface area contributed by atoms with Gasteiger partial charge in [-0.1, -0.05) is 0 Å². The molecule has 0 aromatic heterocycles. The van der Waals surface area contributed by atoms with Crippen LogP contribution in [0.4, 0.5) is 18.4 Å². The molecule has 3 amide bonds. The molecule has 14 heteroatoms. The number of nitrogens with zero attached hydrogens (tertiary/aromatic N) is 1. The summed E-state index contributed by atoms with van der Waals surface area (Å²) in [5, 5.41) is 2.58. The number of ether oxygens (including phenoxy) is 5. The smallest absolute Gasteiger partial charge is 0.417 e. The maximum Gasteiger partial charge on any atom is 0.417 e. The molecule has 2 fully saturated rings. The van der Waals surface area contributed by atoms with Crippen molar-refractivity contribution in [3.63, 3.8) is 0 Å². The van der Waals surface area contributed by atoms with Crippen LogP contribution in [0.5, 0.6) is 11.5 Å². The van der Waals surface area contributed by atoms with E-state index in [1.165, 1.54) is 62.3 Å². The number of ketones is 1. The van der Waals surface area contributed by atoms with E-state index in [0.717, 1.165) is 23.2 Å². The lowest BCUT2D eigenvalue weighted by Gasteiger charge is -2.23. The molecule has 4 rings (SSSR count). The number of methoxy groups -OCH3 is 2. The molecular formula is C36H51F2IN2O9. The molecule has 2 heterocycles. The zero-order valence-corrected chi connectivity index (χ0v) is 32.4. The SMILES string of the molecule is C1CCOC1.CC(C)(C)OC(=O)N1CCCC1=O.COc1cc(F)ccc1C(=O)CCCNC(=O)OC(C)(C)C.COc1cc(F)ccc1I. The van der Waals surface area contributed by atoms with Crippen molar-refractivity contribution < 1.29 is 51.6 Å². The Balaban J connectivity index is 0.000000375. The van der Waals surface area contributed by atoms with Crippen LogP contribution in [0.3, 0.4) is 0 Å². The quantitative estimate of drug-likeness (QED) is 0.167. The van der Waals surface area contributed by atoms with Crippen LogP contribution in [0.1, 0.15) is 90.4 Å². The maximum absolute atomic E-state index is 13.1. The molecule has 2 aliphatic heterocycles. The Morgan fingerprint density at radius 3 is 1.88 bits per heavy atom. The van der Waals surface area contributed by atoms with Crippen molar-refractivity contribution in [1.82, 2.24) is 10.2 Å². The van der Waals surface area contributed by atoms with Gasteiger partial charge in [0.1, 0.15) is 34.3 Å². The molecule has 0 atom stereocenters. The fourth-order valence-electron chi connectivity index (χ4n) is 4.09. The monoisotopic (exact) mass is 820 g/mol. The van der Waals surface area contributed by atoms with Gasteiger partial charge in [0.05, 0.1) is 23.4 Å². The van der Waals surface area contributed by atoms with E-state index >= 15 is 0 Å². The van der Waals surface area contributed by atoms with Crippen molar-refractivity contribution in [2.24, 2.45) is 0 Å². The second kappa shape index (κ2) is 22.3. The molecule has 0 aliphatic carbocycles. The van der Waals surface area contributed by atoms with Gasteiger partial charge in [-0.05, 0) is 114 Å². The summed E-state index contributed by atoms with van der Waals surface area (Å²) >= 11 is 2.09. The zero-order valence-electron chi connectivity index (χ0n) is 30.3. The second-order valence-corrected chi connectivity index (χ2v) is 14.2. The summed E-state index contributed by atoms with van der Waals surface area (Å²) < 4.78 is 51.4. The first-order valence-electron chi connectivity index (χ1n) is 16.3. The van der Waals surface area contributed by atoms with Gasteiger partial charge in [0, 0.05) is 51.3 Å². The van der Waals surface area contributed by atoms with E-state index in [1.807, 2.05) is 0 Å².